The molecular formula is C19H15Cl2IN4O. The van der Waals surface area contributed by atoms with E-state index < -0.39 is 0 Å². The van der Waals surface area contributed by atoms with Gasteiger partial charge in [-0.15, -0.1) is 0 Å². The van der Waals surface area contributed by atoms with Crippen molar-refractivity contribution in [3.8, 4) is 11.1 Å². The fourth-order valence-corrected chi connectivity index (χ4v) is 4.56. The van der Waals surface area contributed by atoms with Gasteiger partial charge in [-0.1, -0.05) is 23.2 Å². The van der Waals surface area contributed by atoms with Crippen LogP contribution >= 0.6 is 45.8 Å². The molecule has 27 heavy (non-hydrogen) atoms. The summed E-state index contributed by atoms with van der Waals surface area (Å²) in [4.78, 5) is 19.4. The van der Waals surface area contributed by atoms with Gasteiger partial charge in [0.05, 0.1) is 31.5 Å². The quantitative estimate of drug-likeness (QED) is 0.342. The Labute approximate surface area is 180 Å². The average Bonchev–Trinajstić information content (AvgIpc) is 3.09. The normalized spacial score (nSPS) is 16.6. The summed E-state index contributed by atoms with van der Waals surface area (Å²) in [6.07, 6.45) is 3.49. The first-order chi connectivity index (χ1) is 12.9. The molecule has 0 spiro atoms. The van der Waals surface area contributed by atoms with E-state index in [1.807, 2.05) is 32.0 Å². The molecule has 3 heterocycles. The van der Waals surface area contributed by atoms with E-state index in [4.69, 9.17) is 23.2 Å². The minimum absolute atomic E-state index is 0.0274. The Kier molecular flexibility index (Phi) is 4.90. The molecule has 8 heteroatoms. The summed E-state index contributed by atoms with van der Waals surface area (Å²) in [5.41, 5.74) is 3.94. The number of aryl methyl sites for hydroxylation is 1. The molecule has 0 aliphatic carbocycles. The van der Waals surface area contributed by atoms with E-state index in [0.29, 0.717) is 22.3 Å². The number of pyridine rings is 1. The van der Waals surface area contributed by atoms with E-state index in [2.05, 4.69) is 32.7 Å². The van der Waals surface area contributed by atoms with Gasteiger partial charge in [0, 0.05) is 24.0 Å². The van der Waals surface area contributed by atoms with E-state index in [0.717, 1.165) is 26.1 Å². The van der Waals surface area contributed by atoms with E-state index in [9.17, 15) is 4.79 Å². The number of rotatable bonds is 2. The maximum atomic E-state index is 13.4. The zero-order chi connectivity index (χ0) is 19.3. The second-order valence-electron chi connectivity index (χ2n) is 6.50. The van der Waals surface area contributed by atoms with Gasteiger partial charge in [0.2, 0.25) is 0 Å². The largest absolute Gasteiger partial charge is 0.304 e. The van der Waals surface area contributed by atoms with Crippen LogP contribution in [0, 0.1) is 10.5 Å². The molecule has 1 aliphatic heterocycles. The van der Waals surface area contributed by atoms with Crippen LogP contribution in [0.25, 0.3) is 11.1 Å². The van der Waals surface area contributed by atoms with Crippen molar-refractivity contribution < 1.29 is 4.79 Å². The van der Waals surface area contributed by atoms with Crippen molar-refractivity contribution in [3.05, 3.63) is 61.7 Å². The van der Waals surface area contributed by atoms with Crippen LogP contribution in [0.1, 0.15) is 29.1 Å². The van der Waals surface area contributed by atoms with Gasteiger partial charge in [-0.05, 0) is 66.3 Å². The summed E-state index contributed by atoms with van der Waals surface area (Å²) >= 11 is 14.6. The number of carbonyl (C=O) groups excluding carboxylic acids is 1. The molecule has 4 rings (SSSR count). The third-order valence-corrected chi connectivity index (χ3v) is 6.84. The first-order valence-electron chi connectivity index (χ1n) is 8.34. The highest BCUT2D eigenvalue weighted by Crippen LogP contribution is 2.38. The van der Waals surface area contributed by atoms with Crippen LogP contribution in [0.3, 0.4) is 0 Å². The van der Waals surface area contributed by atoms with Crippen molar-refractivity contribution >= 4 is 57.4 Å². The van der Waals surface area contributed by atoms with Gasteiger partial charge in [0.1, 0.15) is 5.69 Å². The topological polar surface area (TPSA) is 51.0 Å². The number of aromatic nitrogens is 3. The number of fused-ring (bicyclic) bond motifs is 1. The van der Waals surface area contributed by atoms with Crippen LogP contribution in [0.5, 0.6) is 0 Å². The number of benzene rings is 1. The Morgan fingerprint density at radius 3 is 2.78 bits per heavy atom. The van der Waals surface area contributed by atoms with Crippen LogP contribution in [-0.4, -0.2) is 27.2 Å². The van der Waals surface area contributed by atoms with Gasteiger partial charge in [0.15, 0.2) is 0 Å². The number of carbonyl (C=O) groups is 1. The molecule has 1 atom stereocenters. The minimum Gasteiger partial charge on any atom is -0.304 e. The van der Waals surface area contributed by atoms with Crippen LogP contribution in [0.4, 0.5) is 5.69 Å². The third-order valence-electron chi connectivity index (χ3n) is 4.62. The molecule has 0 radical (unpaired) electrons. The standard InChI is InChI=1S/C19H15Cl2IN4O/c1-10-7-12(5-6-23-10)13-8-24-26-11(2)9-25(19(27)18(13)26)15-4-3-14(20)16(21)17(15)22/h3-8,11H,9H2,1-2H3/t11-/m0/s1. The lowest BCUT2D eigenvalue weighted by atomic mass is 10.0. The van der Waals surface area contributed by atoms with E-state index >= 15 is 0 Å². The van der Waals surface area contributed by atoms with E-state index in [1.165, 1.54) is 0 Å². The summed E-state index contributed by atoms with van der Waals surface area (Å²) in [5.74, 6) is -0.105. The maximum absolute atomic E-state index is 13.4. The molecule has 1 aliphatic rings. The molecule has 5 nitrogen and oxygen atoms in total. The monoisotopic (exact) mass is 512 g/mol. The predicted molar refractivity (Wildman–Crippen MR) is 116 cm³/mol. The number of anilines is 1. The summed E-state index contributed by atoms with van der Waals surface area (Å²) in [6.45, 7) is 4.48. The third kappa shape index (κ3) is 3.13. The molecule has 1 amide bonds. The second kappa shape index (κ2) is 7.07. The first kappa shape index (κ1) is 18.7. The van der Waals surface area contributed by atoms with Crippen LogP contribution < -0.4 is 4.90 Å². The molecule has 0 saturated heterocycles. The van der Waals surface area contributed by atoms with Crippen molar-refractivity contribution in [1.82, 2.24) is 14.8 Å². The van der Waals surface area contributed by atoms with Crippen molar-refractivity contribution in [2.45, 2.75) is 19.9 Å². The molecule has 138 valence electrons. The molecule has 0 saturated carbocycles. The van der Waals surface area contributed by atoms with Crippen molar-refractivity contribution in [3.63, 3.8) is 0 Å². The lowest BCUT2D eigenvalue weighted by Crippen LogP contribution is -2.43. The van der Waals surface area contributed by atoms with E-state index in [-0.39, 0.29) is 11.9 Å². The van der Waals surface area contributed by atoms with Gasteiger partial charge in [-0.3, -0.25) is 14.5 Å². The Bertz CT molecular complexity index is 1070. The Morgan fingerprint density at radius 1 is 1.26 bits per heavy atom. The molecular weight excluding hydrogens is 498 g/mol. The highest BCUT2D eigenvalue weighted by molar-refractivity contribution is 14.1. The predicted octanol–water partition coefficient (Wildman–Crippen LogP) is 5.39. The number of hydrogen-bond acceptors (Lipinski definition) is 3. The minimum atomic E-state index is -0.105. The number of amides is 1. The number of halogens is 3. The van der Waals surface area contributed by atoms with Crippen LogP contribution in [0.2, 0.25) is 10.0 Å². The molecule has 2 aromatic heterocycles. The smallest absolute Gasteiger partial charge is 0.277 e. The van der Waals surface area contributed by atoms with Gasteiger partial charge >= 0.3 is 0 Å². The fourth-order valence-electron chi connectivity index (χ4n) is 3.32. The summed E-state index contributed by atoms with van der Waals surface area (Å²) in [5, 5.41) is 5.41. The summed E-state index contributed by atoms with van der Waals surface area (Å²) in [6, 6.07) is 7.43. The molecule has 0 unspecified atom stereocenters. The molecule has 3 aromatic rings. The zero-order valence-corrected chi connectivity index (χ0v) is 18.2. The molecule has 0 fully saturated rings. The van der Waals surface area contributed by atoms with Crippen molar-refractivity contribution in [2.75, 3.05) is 11.4 Å². The molecule has 0 N–H and O–H groups in total. The SMILES string of the molecule is Cc1cc(-c2cnn3c2C(=O)N(c2ccc(Cl)c(Cl)c2I)C[C@@H]3C)ccn1. The van der Waals surface area contributed by atoms with Crippen LogP contribution in [-0.2, 0) is 0 Å². The van der Waals surface area contributed by atoms with Gasteiger partial charge in [0.25, 0.3) is 5.91 Å². The zero-order valence-electron chi connectivity index (χ0n) is 14.6. The molecule has 0 bridgehead atoms. The summed E-state index contributed by atoms with van der Waals surface area (Å²) in [7, 11) is 0. The highest BCUT2D eigenvalue weighted by Gasteiger charge is 2.34. The average molecular weight is 513 g/mol. The summed E-state index contributed by atoms with van der Waals surface area (Å²) < 4.78 is 2.56. The van der Waals surface area contributed by atoms with Crippen LogP contribution in [0.15, 0.2) is 36.7 Å². The van der Waals surface area contributed by atoms with E-state index in [1.54, 1.807) is 28.0 Å². The van der Waals surface area contributed by atoms with Crippen molar-refractivity contribution in [2.24, 2.45) is 0 Å². The highest BCUT2D eigenvalue weighted by atomic mass is 127. The Morgan fingerprint density at radius 2 is 2.04 bits per heavy atom. The lowest BCUT2D eigenvalue weighted by Gasteiger charge is -2.33. The molecule has 1 aromatic carbocycles. The Balaban J connectivity index is 1.85. The number of hydrogen-bond donors (Lipinski definition) is 0. The van der Waals surface area contributed by atoms with Gasteiger partial charge < -0.3 is 4.90 Å². The number of nitrogens with zero attached hydrogens (tertiary/aromatic N) is 4. The lowest BCUT2D eigenvalue weighted by molar-refractivity contribution is 0.0954. The van der Waals surface area contributed by atoms with Gasteiger partial charge in [-0.25, -0.2) is 0 Å². The fraction of sp³-hybridized carbons (Fsp3) is 0.211. The first-order valence-corrected chi connectivity index (χ1v) is 10.2. The maximum Gasteiger partial charge on any atom is 0.277 e. The van der Waals surface area contributed by atoms with Crippen molar-refractivity contribution in [1.29, 1.82) is 0 Å². The van der Waals surface area contributed by atoms with Gasteiger partial charge in [-0.2, -0.15) is 5.10 Å². The second-order valence-corrected chi connectivity index (χ2v) is 8.36. The Hall–Kier alpha value is -1.64.